The van der Waals surface area contributed by atoms with Crippen LogP contribution in [0.3, 0.4) is 0 Å². The second-order valence-corrected chi connectivity index (χ2v) is 10.2. The Labute approximate surface area is 214 Å². The van der Waals surface area contributed by atoms with Crippen molar-refractivity contribution in [1.82, 2.24) is 14.5 Å². The number of carbonyl (C=O) groups excluding carboxylic acids is 2. The van der Waals surface area contributed by atoms with Crippen LogP contribution in [0, 0.1) is 0 Å². The summed E-state index contributed by atoms with van der Waals surface area (Å²) in [6.45, 7) is 6.26. The molecule has 1 saturated heterocycles. The summed E-state index contributed by atoms with van der Waals surface area (Å²) in [6, 6.07) is 12.2. The standard InChI is InChI=1S/C28H30F3N3O3/c1-27(2,3)37-26(36)22-10-6-5-9-21(22)25(35)33-15-12-19(13-16-33)24-32-14-17-34(24)18-20-8-4-7-11-23(20)28(29,30)31/h4-11,14,17,19H,12-13,15-16,18H2,1-3H3. The van der Waals surface area contributed by atoms with E-state index in [0.717, 1.165) is 6.07 Å². The van der Waals surface area contributed by atoms with E-state index in [1.165, 1.54) is 12.1 Å². The zero-order valence-corrected chi connectivity index (χ0v) is 21.1. The van der Waals surface area contributed by atoms with Crippen LogP contribution in [0.1, 0.15) is 77.2 Å². The molecule has 1 aliphatic rings. The van der Waals surface area contributed by atoms with Gasteiger partial charge in [-0.2, -0.15) is 13.2 Å². The van der Waals surface area contributed by atoms with Gasteiger partial charge in [0.05, 0.1) is 16.7 Å². The first-order valence-electron chi connectivity index (χ1n) is 12.2. The highest BCUT2D eigenvalue weighted by Gasteiger charge is 2.34. The maximum atomic E-state index is 13.5. The van der Waals surface area contributed by atoms with E-state index >= 15 is 0 Å². The third-order valence-corrected chi connectivity index (χ3v) is 6.33. The molecule has 1 aromatic heterocycles. The summed E-state index contributed by atoms with van der Waals surface area (Å²) in [4.78, 5) is 32.1. The third-order valence-electron chi connectivity index (χ3n) is 6.33. The van der Waals surface area contributed by atoms with Gasteiger partial charge in [0, 0.05) is 37.9 Å². The number of piperidine rings is 1. The van der Waals surface area contributed by atoms with Gasteiger partial charge in [0.2, 0.25) is 0 Å². The van der Waals surface area contributed by atoms with Gasteiger partial charge in [0.25, 0.3) is 5.91 Å². The molecule has 2 heterocycles. The molecule has 6 nitrogen and oxygen atoms in total. The summed E-state index contributed by atoms with van der Waals surface area (Å²) in [7, 11) is 0. The number of likely N-dealkylation sites (tertiary alicyclic amines) is 1. The fourth-order valence-corrected chi connectivity index (χ4v) is 4.62. The number of alkyl halides is 3. The lowest BCUT2D eigenvalue weighted by atomic mass is 9.94. The Kier molecular flexibility index (Phi) is 7.43. The van der Waals surface area contributed by atoms with Crippen LogP contribution in [-0.4, -0.2) is 45.0 Å². The molecule has 0 unspecified atom stereocenters. The minimum Gasteiger partial charge on any atom is -0.456 e. The van der Waals surface area contributed by atoms with E-state index < -0.39 is 23.3 Å². The van der Waals surface area contributed by atoms with Crippen molar-refractivity contribution in [3.05, 3.63) is 89.0 Å². The molecule has 196 valence electrons. The number of aromatic nitrogens is 2. The lowest BCUT2D eigenvalue weighted by molar-refractivity contribution is -0.138. The van der Waals surface area contributed by atoms with E-state index in [4.69, 9.17) is 4.74 Å². The summed E-state index contributed by atoms with van der Waals surface area (Å²) < 4.78 is 47.6. The number of halogens is 3. The van der Waals surface area contributed by atoms with Gasteiger partial charge in [-0.25, -0.2) is 9.78 Å². The minimum atomic E-state index is -4.43. The van der Waals surface area contributed by atoms with E-state index in [-0.39, 0.29) is 29.5 Å². The summed E-state index contributed by atoms with van der Waals surface area (Å²) in [5, 5.41) is 0. The van der Waals surface area contributed by atoms with Crippen molar-refractivity contribution < 1.29 is 27.5 Å². The Morgan fingerprint density at radius 3 is 2.24 bits per heavy atom. The lowest BCUT2D eigenvalue weighted by Gasteiger charge is -2.32. The SMILES string of the molecule is CC(C)(C)OC(=O)c1ccccc1C(=O)N1CCC(c2nccn2Cc2ccccc2C(F)(F)F)CC1. The summed E-state index contributed by atoms with van der Waals surface area (Å²) in [6.07, 6.45) is 0.0758. The number of imidazole rings is 1. The molecule has 37 heavy (non-hydrogen) atoms. The molecule has 2 aromatic carbocycles. The lowest BCUT2D eigenvalue weighted by Crippen LogP contribution is -2.39. The molecule has 0 bridgehead atoms. The van der Waals surface area contributed by atoms with Crippen LogP contribution < -0.4 is 0 Å². The molecule has 0 radical (unpaired) electrons. The summed E-state index contributed by atoms with van der Waals surface area (Å²) >= 11 is 0. The van der Waals surface area contributed by atoms with Crippen molar-refractivity contribution in [3.63, 3.8) is 0 Å². The number of hydrogen-bond acceptors (Lipinski definition) is 4. The van der Waals surface area contributed by atoms with E-state index in [0.29, 0.717) is 37.3 Å². The molecule has 4 rings (SSSR count). The molecule has 1 amide bonds. The quantitative estimate of drug-likeness (QED) is 0.397. The molecule has 0 spiro atoms. The van der Waals surface area contributed by atoms with E-state index in [9.17, 15) is 22.8 Å². The van der Waals surface area contributed by atoms with Crippen LogP contribution in [0.4, 0.5) is 13.2 Å². The molecule has 1 aliphatic heterocycles. The molecular weight excluding hydrogens is 483 g/mol. The molecule has 0 N–H and O–H groups in total. The Morgan fingerprint density at radius 2 is 1.59 bits per heavy atom. The van der Waals surface area contributed by atoms with Crippen LogP contribution in [0.2, 0.25) is 0 Å². The average Bonchev–Trinajstić information content (AvgIpc) is 3.30. The Morgan fingerprint density at radius 1 is 0.973 bits per heavy atom. The number of benzene rings is 2. The normalized spacial score (nSPS) is 15.0. The highest BCUT2D eigenvalue weighted by Crippen LogP contribution is 2.33. The fourth-order valence-electron chi connectivity index (χ4n) is 4.62. The smallest absolute Gasteiger partial charge is 0.416 e. The van der Waals surface area contributed by atoms with Crippen molar-refractivity contribution in [2.24, 2.45) is 0 Å². The van der Waals surface area contributed by atoms with E-state index in [1.807, 2.05) is 0 Å². The van der Waals surface area contributed by atoms with Crippen molar-refractivity contribution in [2.45, 2.75) is 57.9 Å². The molecule has 0 saturated carbocycles. The zero-order valence-electron chi connectivity index (χ0n) is 21.1. The molecule has 9 heteroatoms. The highest BCUT2D eigenvalue weighted by molar-refractivity contribution is 6.05. The number of esters is 1. The van der Waals surface area contributed by atoms with Crippen molar-refractivity contribution in [1.29, 1.82) is 0 Å². The molecule has 1 fully saturated rings. The van der Waals surface area contributed by atoms with Gasteiger partial charge >= 0.3 is 12.1 Å². The van der Waals surface area contributed by atoms with Gasteiger partial charge < -0.3 is 14.2 Å². The summed E-state index contributed by atoms with van der Waals surface area (Å²) in [5.74, 6) is -0.0914. The number of ether oxygens (including phenoxy) is 1. The number of hydrogen-bond donors (Lipinski definition) is 0. The van der Waals surface area contributed by atoms with Crippen molar-refractivity contribution >= 4 is 11.9 Å². The van der Waals surface area contributed by atoms with Gasteiger partial charge in [0.1, 0.15) is 11.4 Å². The minimum absolute atomic E-state index is 0.00167. The predicted octanol–water partition coefficient (Wildman–Crippen LogP) is 5.93. The van der Waals surface area contributed by atoms with Gasteiger partial charge in [-0.1, -0.05) is 30.3 Å². The second-order valence-electron chi connectivity index (χ2n) is 10.2. The Bertz CT molecular complexity index is 1270. The van der Waals surface area contributed by atoms with Crippen molar-refractivity contribution in [3.8, 4) is 0 Å². The molecular formula is C28H30F3N3O3. The first kappa shape index (κ1) is 26.4. The van der Waals surface area contributed by atoms with Gasteiger partial charge in [-0.15, -0.1) is 0 Å². The average molecular weight is 514 g/mol. The summed E-state index contributed by atoms with van der Waals surface area (Å²) in [5.41, 5.74) is -0.642. The van der Waals surface area contributed by atoms with Crippen molar-refractivity contribution in [2.75, 3.05) is 13.1 Å². The Balaban J connectivity index is 1.46. The molecule has 0 aliphatic carbocycles. The van der Waals surface area contributed by atoms with Gasteiger partial charge in [-0.3, -0.25) is 4.79 Å². The third kappa shape index (κ3) is 6.21. The van der Waals surface area contributed by atoms with Crippen LogP contribution in [0.5, 0.6) is 0 Å². The topological polar surface area (TPSA) is 64.4 Å². The largest absolute Gasteiger partial charge is 0.456 e. The number of amides is 1. The number of nitrogens with zero attached hydrogens (tertiary/aromatic N) is 3. The maximum absolute atomic E-state index is 13.5. The van der Waals surface area contributed by atoms with Crippen LogP contribution in [-0.2, 0) is 17.5 Å². The second kappa shape index (κ2) is 10.4. The molecule has 3 aromatic rings. The van der Waals surface area contributed by atoms with Crippen LogP contribution >= 0.6 is 0 Å². The van der Waals surface area contributed by atoms with E-state index in [2.05, 4.69) is 4.98 Å². The van der Waals surface area contributed by atoms with E-state index in [1.54, 1.807) is 73.0 Å². The monoisotopic (exact) mass is 513 g/mol. The Hall–Kier alpha value is -3.62. The predicted molar refractivity (Wildman–Crippen MR) is 132 cm³/mol. The fraction of sp³-hybridized carbons (Fsp3) is 0.393. The number of rotatable bonds is 5. The molecule has 0 atom stereocenters. The van der Waals surface area contributed by atoms with Crippen LogP contribution in [0.25, 0.3) is 0 Å². The number of carbonyl (C=O) groups is 2. The zero-order chi connectivity index (χ0) is 26.8. The maximum Gasteiger partial charge on any atom is 0.416 e. The first-order valence-corrected chi connectivity index (χ1v) is 12.2. The van der Waals surface area contributed by atoms with Gasteiger partial charge in [0.15, 0.2) is 0 Å². The highest BCUT2D eigenvalue weighted by atomic mass is 19.4. The van der Waals surface area contributed by atoms with Crippen LogP contribution in [0.15, 0.2) is 60.9 Å². The van der Waals surface area contributed by atoms with Gasteiger partial charge in [-0.05, 0) is 57.4 Å². The first-order chi connectivity index (χ1) is 17.4.